The zero-order valence-corrected chi connectivity index (χ0v) is 11.7. The fraction of sp³-hybridized carbons (Fsp3) is 0.643. The molecule has 1 aromatic heterocycles. The predicted octanol–water partition coefficient (Wildman–Crippen LogP) is 2.22. The first-order chi connectivity index (χ1) is 8.51. The molecule has 1 atom stereocenters. The zero-order valence-electron chi connectivity index (χ0n) is 11.7. The van der Waals surface area contributed by atoms with Crippen LogP contribution in [0.1, 0.15) is 31.8 Å². The van der Waals surface area contributed by atoms with Crippen molar-refractivity contribution in [3.05, 3.63) is 23.7 Å². The van der Waals surface area contributed by atoms with E-state index in [0.29, 0.717) is 24.3 Å². The molecule has 0 bridgehead atoms. The first kappa shape index (κ1) is 14.7. The number of likely N-dealkylation sites (N-methyl/N-ethyl adjacent to an activating group) is 1. The standard InChI is InChI=1S/C14H23N3O/c1-11(2)7-12(10-17(3)4)16-9-14-6-5-13(8-15)18-14/h5-6,11-12,16H,7,9-10H2,1-4H3. The molecule has 1 heterocycles. The molecule has 0 fully saturated rings. The van der Waals surface area contributed by atoms with Gasteiger partial charge in [0, 0.05) is 12.6 Å². The Kier molecular flexibility index (Phi) is 5.90. The van der Waals surface area contributed by atoms with Gasteiger partial charge in [-0.15, -0.1) is 0 Å². The summed E-state index contributed by atoms with van der Waals surface area (Å²) in [5.74, 6) is 1.85. The fourth-order valence-electron chi connectivity index (χ4n) is 2.01. The highest BCUT2D eigenvalue weighted by atomic mass is 16.3. The maximum Gasteiger partial charge on any atom is 0.203 e. The Morgan fingerprint density at radius 3 is 2.61 bits per heavy atom. The smallest absolute Gasteiger partial charge is 0.203 e. The van der Waals surface area contributed by atoms with Crippen LogP contribution in [0.15, 0.2) is 16.5 Å². The summed E-state index contributed by atoms with van der Waals surface area (Å²) in [6.45, 7) is 6.13. The Hall–Kier alpha value is -1.31. The van der Waals surface area contributed by atoms with Crippen LogP contribution in [0.2, 0.25) is 0 Å². The second-order valence-electron chi connectivity index (χ2n) is 5.35. The second-order valence-corrected chi connectivity index (χ2v) is 5.35. The van der Waals surface area contributed by atoms with Crippen LogP contribution >= 0.6 is 0 Å². The zero-order chi connectivity index (χ0) is 13.5. The maximum atomic E-state index is 8.70. The summed E-state index contributed by atoms with van der Waals surface area (Å²) in [7, 11) is 4.16. The van der Waals surface area contributed by atoms with Crippen molar-refractivity contribution in [3.8, 4) is 6.07 Å². The van der Waals surface area contributed by atoms with E-state index in [-0.39, 0.29) is 0 Å². The monoisotopic (exact) mass is 249 g/mol. The van der Waals surface area contributed by atoms with Gasteiger partial charge in [-0.05, 0) is 38.6 Å². The Bertz CT molecular complexity index is 380. The summed E-state index contributed by atoms with van der Waals surface area (Å²) in [6.07, 6.45) is 1.13. The van der Waals surface area contributed by atoms with Crippen LogP contribution in [0, 0.1) is 17.2 Å². The molecule has 1 N–H and O–H groups in total. The molecule has 1 rings (SSSR count). The molecule has 0 aliphatic carbocycles. The molecular formula is C14H23N3O. The van der Waals surface area contributed by atoms with Crippen molar-refractivity contribution in [2.45, 2.75) is 32.9 Å². The number of nitrogens with zero attached hydrogens (tertiary/aromatic N) is 2. The van der Waals surface area contributed by atoms with Gasteiger partial charge in [0.15, 0.2) is 0 Å². The lowest BCUT2D eigenvalue weighted by Gasteiger charge is -2.23. The van der Waals surface area contributed by atoms with Gasteiger partial charge in [0.2, 0.25) is 5.76 Å². The van der Waals surface area contributed by atoms with E-state index in [0.717, 1.165) is 18.7 Å². The van der Waals surface area contributed by atoms with Crippen LogP contribution in [0.5, 0.6) is 0 Å². The normalized spacial score (nSPS) is 12.9. The fourth-order valence-corrected chi connectivity index (χ4v) is 2.01. The van der Waals surface area contributed by atoms with Crippen molar-refractivity contribution in [2.75, 3.05) is 20.6 Å². The molecule has 1 aromatic rings. The Morgan fingerprint density at radius 2 is 2.11 bits per heavy atom. The van der Waals surface area contributed by atoms with Crippen LogP contribution in [0.3, 0.4) is 0 Å². The number of nitriles is 1. The van der Waals surface area contributed by atoms with Crippen molar-refractivity contribution in [1.82, 2.24) is 10.2 Å². The van der Waals surface area contributed by atoms with E-state index in [9.17, 15) is 0 Å². The molecular weight excluding hydrogens is 226 g/mol. The summed E-state index contributed by atoms with van der Waals surface area (Å²) in [5, 5.41) is 12.2. The summed E-state index contributed by atoms with van der Waals surface area (Å²) in [4.78, 5) is 2.18. The number of furan rings is 1. The molecule has 0 saturated carbocycles. The molecule has 0 aliphatic rings. The van der Waals surface area contributed by atoms with Crippen LogP contribution in [0.25, 0.3) is 0 Å². The van der Waals surface area contributed by atoms with Gasteiger partial charge in [-0.3, -0.25) is 0 Å². The maximum absolute atomic E-state index is 8.70. The van der Waals surface area contributed by atoms with Crippen molar-refractivity contribution in [1.29, 1.82) is 5.26 Å². The third kappa shape index (κ3) is 5.35. The largest absolute Gasteiger partial charge is 0.449 e. The second kappa shape index (κ2) is 7.20. The summed E-state index contributed by atoms with van der Waals surface area (Å²) >= 11 is 0. The molecule has 0 aromatic carbocycles. The molecule has 100 valence electrons. The molecule has 0 saturated heterocycles. The van der Waals surface area contributed by atoms with Crippen LogP contribution in [-0.4, -0.2) is 31.6 Å². The van der Waals surface area contributed by atoms with E-state index in [1.54, 1.807) is 6.07 Å². The van der Waals surface area contributed by atoms with Crippen molar-refractivity contribution in [3.63, 3.8) is 0 Å². The lowest BCUT2D eigenvalue weighted by atomic mass is 10.0. The van der Waals surface area contributed by atoms with E-state index in [1.807, 2.05) is 12.1 Å². The molecule has 0 spiro atoms. The number of rotatable bonds is 7. The minimum Gasteiger partial charge on any atom is -0.449 e. The Balaban J connectivity index is 2.47. The summed E-state index contributed by atoms with van der Waals surface area (Å²) < 4.78 is 5.36. The number of hydrogen-bond acceptors (Lipinski definition) is 4. The number of hydrogen-bond donors (Lipinski definition) is 1. The first-order valence-corrected chi connectivity index (χ1v) is 6.38. The Morgan fingerprint density at radius 1 is 1.39 bits per heavy atom. The van der Waals surface area contributed by atoms with Gasteiger partial charge in [0.05, 0.1) is 6.54 Å². The summed E-state index contributed by atoms with van der Waals surface area (Å²) in [6, 6.07) is 6.00. The summed E-state index contributed by atoms with van der Waals surface area (Å²) in [5.41, 5.74) is 0. The minimum atomic E-state index is 0.375. The lowest BCUT2D eigenvalue weighted by Crippen LogP contribution is -2.38. The van der Waals surface area contributed by atoms with Gasteiger partial charge in [0.25, 0.3) is 0 Å². The van der Waals surface area contributed by atoms with Gasteiger partial charge in [-0.2, -0.15) is 5.26 Å². The van der Waals surface area contributed by atoms with Gasteiger partial charge >= 0.3 is 0 Å². The topological polar surface area (TPSA) is 52.2 Å². The van der Waals surface area contributed by atoms with E-state index in [4.69, 9.17) is 9.68 Å². The molecule has 4 nitrogen and oxygen atoms in total. The first-order valence-electron chi connectivity index (χ1n) is 6.38. The highest BCUT2D eigenvalue weighted by molar-refractivity contribution is 5.18. The predicted molar refractivity (Wildman–Crippen MR) is 72.1 cm³/mol. The molecule has 0 radical (unpaired) electrons. The quantitative estimate of drug-likeness (QED) is 0.805. The van der Waals surface area contributed by atoms with E-state index >= 15 is 0 Å². The van der Waals surface area contributed by atoms with E-state index in [2.05, 4.69) is 38.2 Å². The average molecular weight is 249 g/mol. The number of nitrogens with one attached hydrogen (secondary N) is 1. The van der Waals surface area contributed by atoms with Gasteiger partial charge in [-0.1, -0.05) is 13.8 Å². The highest BCUT2D eigenvalue weighted by Crippen LogP contribution is 2.09. The van der Waals surface area contributed by atoms with Crippen molar-refractivity contribution >= 4 is 0 Å². The Labute approximate surface area is 110 Å². The molecule has 4 heteroatoms. The van der Waals surface area contributed by atoms with Gasteiger partial charge in [-0.25, -0.2) is 0 Å². The van der Waals surface area contributed by atoms with E-state index < -0.39 is 0 Å². The third-order valence-corrected chi connectivity index (χ3v) is 2.68. The average Bonchev–Trinajstić information content (AvgIpc) is 2.72. The van der Waals surface area contributed by atoms with Crippen molar-refractivity contribution < 1.29 is 4.42 Å². The molecule has 1 unspecified atom stereocenters. The van der Waals surface area contributed by atoms with E-state index in [1.165, 1.54) is 0 Å². The van der Waals surface area contributed by atoms with Crippen molar-refractivity contribution in [2.24, 2.45) is 5.92 Å². The minimum absolute atomic E-state index is 0.375. The molecule has 0 amide bonds. The molecule has 0 aliphatic heterocycles. The molecule has 18 heavy (non-hydrogen) atoms. The van der Waals surface area contributed by atoms with Crippen LogP contribution in [-0.2, 0) is 6.54 Å². The third-order valence-electron chi connectivity index (χ3n) is 2.68. The highest BCUT2D eigenvalue weighted by Gasteiger charge is 2.12. The van der Waals surface area contributed by atoms with Crippen LogP contribution in [0.4, 0.5) is 0 Å². The lowest BCUT2D eigenvalue weighted by molar-refractivity contribution is 0.298. The van der Waals surface area contributed by atoms with Gasteiger partial charge in [0.1, 0.15) is 11.8 Å². The van der Waals surface area contributed by atoms with Gasteiger partial charge < -0.3 is 14.6 Å². The van der Waals surface area contributed by atoms with Crippen LogP contribution < -0.4 is 5.32 Å². The SMILES string of the molecule is CC(C)CC(CN(C)C)NCc1ccc(C#N)o1.